The van der Waals surface area contributed by atoms with E-state index in [0.29, 0.717) is 0 Å². The lowest BCUT2D eigenvalue weighted by atomic mass is 10.2. The molecule has 0 amide bonds. The van der Waals surface area contributed by atoms with Crippen molar-refractivity contribution < 1.29 is 0 Å². The molecule has 70 valence electrons. The van der Waals surface area contributed by atoms with Gasteiger partial charge in [-0.05, 0) is 31.5 Å². The van der Waals surface area contributed by atoms with Crippen LogP contribution in [0.4, 0.5) is 5.69 Å². The second kappa shape index (κ2) is 4.38. The first-order chi connectivity index (χ1) is 6.09. The minimum absolute atomic E-state index is 0.858. The van der Waals surface area contributed by atoms with Gasteiger partial charge in [-0.25, -0.2) is 0 Å². The molecule has 0 heterocycles. The van der Waals surface area contributed by atoms with Gasteiger partial charge in [-0.1, -0.05) is 18.2 Å². The summed E-state index contributed by atoms with van der Waals surface area (Å²) in [5.74, 6) is 0.938. The number of anilines is 1. The van der Waals surface area contributed by atoms with Crippen LogP contribution in [-0.4, -0.2) is 5.75 Å². The summed E-state index contributed by atoms with van der Waals surface area (Å²) >= 11 is 1.74. The summed E-state index contributed by atoms with van der Waals surface area (Å²) in [5.41, 5.74) is 9.10. The highest BCUT2D eigenvalue weighted by atomic mass is 32.2. The fraction of sp³-hybridized carbons (Fsp3) is 0.273. The molecule has 1 aromatic rings. The van der Waals surface area contributed by atoms with Gasteiger partial charge < -0.3 is 5.73 Å². The van der Waals surface area contributed by atoms with Crippen molar-refractivity contribution in [2.75, 3.05) is 11.5 Å². The molecule has 1 aromatic carbocycles. The predicted octanol–water partition coefficient (Wildman–Crippen LogP) is 3.25. The summed E-state index contributed by atoms with van der Waals surface area (Å²) in [4.78, 5) is 1.16. The Hall–Kier alpha value is -0.890. The second-order valence-corrected chi connectivity index (χ2v) is 4.30. The van der Waals surface area contributed by atoms with E-state index in [0.717, 1.165) is 16.3 Å². The third kappa shape index (κ3) is 3.15. The first-order valence-electron chi connectivity index (χ1n) is 4.23. The van der Waals surface area contributed by atoms with Crippen LogP contribution in [0.25, 0.3) is 0 Å². The standard InChI is InChI=1S/C11H15NS/c1-8(2)7-13-11-6-9(3)4-5-10(11)12/h4-6H,1,7,12H2,2-3H3. The lowest BCUT2D eigenvalue weighted by Gasteiger charge is -2.05. The molecule has 2 N–H and O–H groups in total. The maximum absolute atomic E-state index is 5.83. The molecule has 0 saturated carbocycles. The number of aryl methyl sites for hydroxylation is 1. The summed E-state index contributed by atoms with van der Waals surface area (Å²) in [6.45, 7) is 7.96. The van der Waals surface area contributed by atoms with Crippen LogP contribution >= 0.6 is 11.8 Å². The first-order valence-corrected chi connectivity index (χ1v) is 5.21. The van der Waals surface area contributed by atoms with Crippen molar-refractivity contribution in [3.05, 3.63) is 35.9 Å². The molecule has 0 aromatic heterocycles. The van der Waals surface area contributed by atoms with Gasteiger partial charge in [0.05, 0.1) is 0 Å². The Bertz CT molecular complexity index is 318. The zero-order chi connectivity index (χ0) is 9.84. The van der Waals surface area contributed by atoms with Crippen LogP contribution in [0.5, 0.6) is 0 Å². The highest BCUT2D eigenvalue weighted by Crippen LogP contribution is 2.26. The number of rotatable bonds is 3. The summed E-state index contributed by atoms with van der Waals surface area (Å²) in [6.07, 6.45) is 0. The molecule has 0 spiro atoms. The Morgan fingerprint density at radius 3 is 2.85 bits per heavy atom. The molecule has 0 bridgehead atoms. The van der Waals surface area contributed by atoms with Gasteiger partial charge in [0.15, 0.2) is 0 Å². The maximum Gasteiger partial charge on any atom is 0.0452 e. The van der Waals surface area contributed by atoms with E-state index >= 15 is 0 Å². The molecule has 13 heavy (non-hydrogen) atoms. The van der Waals surface area contributed by atoms with Gasteiger partial charge in [0, 0.05) is 16.3 Å². The minimum Gasteiger partial charge on any atom is -0.398 e. The monoisotopic (exact) mass is 193 g/mol. The van der Waals surface area contributed by atoms with Crippen molar-refractivity contribution in [1.29, 1.82) is 0 Å². The maximum atomic E-state index is 5.83. The zero-order valence-electron chi connectivity index (χ0n) is 8.13. The molecule has 0 aliphatic carbocycles. The summed E-state index contributed by atoms with van der Waals surface area (Å²) in [5, 5.41) is 0. The number of hydrogen-bond donors (Lipinski definition) is 1. The highest BCUT2D eigenvalue weighted by Gasteiger charge is 1.99. The Labute approximate surface area is 84.0 Å². The molecule has 0 atom stereocenters. The lowest BCUT2D eigenvalue weighted by Crippen LogP contribution is -1.90. The molecule has 0 aliphatic heterocycles. The fourth-order valence-corrected chi connectivity index (χ4v) is 1.87. The number of benzene rings is 1. The van der Waals surface area contributed by atoms with Crippen LogP contribution in [0, 0.1) is 6.92 Å². The number of nitrogens with two attached hydrogens (primary N) is 1. The van der Waals surface area contributed by atoms with Crippen LogP contribution in [0.2, 0.25) is 0 Å². The van der Waals surface area contributed by atoms with E-state index in [2.05, 4.69) is 19.6 Å². The SMILES string of the molecule is C=C(C)CSc1cc(C)ccc1N. The molecular formula is C11H15NS. The van der Waals surface area contributed by atoms with E-state index in [1.807, 2.05) is 19.1 Å². The van der Waals surface area contributed by atoms with Gasteiger partial charge in [0.2, 0.25) is 0 Å². The Morgan fingerprint density at radius 2 is 2.23 bits per heavy atom. The lowest BCUT2D eigenvalue weighted by molar-refractivity contribution is 1.35. The molecule has 1 nitrogen and oxygen atoms in total. The molecule has 0 radical (unpaired) electrons. The van der Waals surface area contributed by atoms with Gasteiger partial charge in [-0.2, -0.15) is 0 Å². The van der Waals surface area contributed by atoms with E-state index in [1.165, 1.54) is 11.1 Å². The van der Waals surface area contributed by atoms with E-state index in [9.17, 15) is 0 Å². The summed E-state index contributed by atoms with van der Waals surface area (Å²) in [7, 11) is 0. The molecule has 0 aliphatic rings. The third-order valence-corrected chi connectivity index (χ3v) is 2.94. The van der Waals surface area contributed by atoms with Crippen LogP contribution in [0.3, 0.4) is 0 Å². The molecular weight excluding hydrogens is 178 g/mol. The van der Waals surface area contributed by atoms with Gasteiger partial charge in [-0.3, -0.25) is 0 Å². The molecule has 0 unspecified atom stereocenters. The van der Waals surface area contributed by atoms with E-state index in [-0.39, 0.29) is 0 Å². The largest absolute Gasteiger partial charge is 0.398 e. The van der Waals surface area contributed by atoms with Crippen molar-refractivity contribution in [3.8, 4) is 0 Å². The van der Waals surface area contributed by atoms with Gasteiger partial charge >= 0.3 is 0 Å². The van der Waals surface area contributed by atoms with Gasteiger partial charge in [-0.15, -0.1) is 11.8 Å². The molecule has 0 fully saturated rings. The number of thioether (sulfide) groups is 1. The van der Waals surface area contributed by atoms with Crippen molar-refractivity contribution >= 4 is 17.4 Å². The van der Waals surface area contributed by atoms with Crippen molar-refractivity contribution in [1.82, 2.24) is 0 Å². The predicted molar refractivity (Wildman–Crippen MR) is 61.1 cm³/mol. The Kier molecular flexibility index (Phi) is 3.43. The van der Waals surface area contributed by atoms with Crippen LogP contribution in [-0.2, 0) is 0 Å². The zero-order valence-corrected chi connectivity index (χ0v) is 8.95. The first kappa shape index (κ1) is 10.2. The van der Waals surface area contributed by atoms with Crippen molar-refractivity contribution in [2.24, 2.45) is 0 Å². The van der Waals surface area contributed by atoms with Gasteiger partial charge in [0.25, 0.3) is 0 Å². The minimum atomic E-state index is 0.858. The number of hydrogen-bond acceptors (Lipinski definition) is 2. The van der Waals surface area contributed by atoms with Crippen LogP contribution < -0.4 is 5.73 Å². The van der Waals surface area contributed by atoms with Crippen LogP contribution in [0.15, 0.2) is 35.2 Å². The molecule has 2 heteroatoms. The quantitative estimate of drug-likeness (QED) is 0.453. The van der Waals surface area contributed by atoms with Crippen molar-refractivity contribution in [3.63, 3.8) is 0 Å². The topological polar surface area (TPSA) is 26.0 Å². The Morgan fingerprint density at radius 1 is 1.54 bits per heavy atom. The van der Waals surface area contributed by atoms with E-state index < -0.39 is 0 Å². The number of nitrogen functional groups attached to an aromatic ring is 1. The summed E-state index contributed by atoms with van der Waals surface area (Å²) < 4.78 is 0. The Balaban J connectivity index is 2.75. The average molecular weight is 193 g/mol. The normalized spacial score (nSPS) is 10.0. The smallest absolute Gasteiger partial charge is 0.0452 e. The average Bonchev–Trinajstić information content (AvgIpc) is 2.06. The van der Waals surface area contributed by atoms with E-state index in [1.54, 1.807) is 11.8 Å². The van der Waals surface area contributed by atoms with Crippen LogP contribution in [0.1, 0.15) is 12.5 Å². The second-order valence-electron chi connectivity index (χ2n) is 3.29. The third-order valence-electron chi connectivity index (χ3n) is 1.64. The molecule has 1 rings (SSSR count). The fourth-order valence-electron chi connectivity index (χ4n) is 0.968. The highest BCUT2D eigenvalue weighted by molar-refractivity contribution is 7.99. The molecule has 0 saturated heterocycles. The van der Waals surface area contributed by atoms with Gasteiger partial charge in [0.1, 0.15) is 0 Å². The van der Waals surface area contributed by atoms with Crippen molar-refractivity contribution in [2.45, 2.75) is 18.7 Å². The summed E-state index contributed by atoms with van der Waals surface area (Å²) in [6, 6.07) is 6.10. The van der Waals surface area contributed by atoms with E-state index in [4.69, 9.17) is 5.73 Å².